The van der Waals surface area contributed by atoms with Gasteiger partial charge in [-0.1, -0.05) is 61.0 Å². The van der Waals surface area contributed by atoms with Crippen LogP contribution >= 0.6 is 11.6 Å². The minimum Gasteiger partial charge on any atom is -0.290 e. The summed E-state index contributed by atoms with van der Waals surface area (Å²) in [6.07, 6.45) is 3.31. The molecule has 1 aromatic heterocycles. The van der Waals surface area contributed by atoms with Gasteiger partial charge in [0.25, 0.3) is 0 Å². The van der Waals surface area contributed by atoms with Crippen molar-refractivity contribution in [1.29, 1.82) is 0 Å². The normalized spacial score (nSPS) is 16.9. The van der Waals surface area contributed by atoms with E-state index in [2.05, 4.69) is 63.7 Å². The van der Waals surface area contributed by atoms with Gasteiger partial charge in [-0.05, 0) is 72.0 Å². The van der Waals surface area contributed by atoms with Gasteiger partial charge in [0.2, 0.25) is 0 Å². The van der Waals surface area contributed by atoms with Crippen LogP contribution in [0.25, 0.3) is 0 Å². The molecule has 0 aliphatic carbocycles. The summed E-state index contributed by atoms with van der Waals surface area (Å²) in [7, 11) is 0. The Morgan fingerprint density at radius 2 is 1.75 bits per heavy atom. The molecule has 5 nitrogen and oxygen atoms in total. The predicted octanol–water partition coefficient (Wildman–Crippen LogP) is 4.39. The number of hydrogen-bond acceptors (Lipinski definition) is 4. The fraction of sp³-hybridized carbons (Fsp3) is 0.409. The van der Waals surface area contributed by atoms with Crippen LogP contribution in [-0.4, -0.2) is 38.2 Å². The summed E-state index contributed by atoms with van der Waals surface area (Å²) in [5.41, 5.74) is 2.48. The molecule has 4 rings (SSSR count). The molecule has 2 heterocycles. The Kier molecular flexibility index (Phi) is 6.03. The maximum Gasteiger partial charge on any atom is 0.173 e. The average Bonchev–Trinajstić information content (AvgIpc) is 3.18. The number of likely N-dealkylation sites (tertiary alicyclic amines) is 1. The monoisotopic (exact) mass is 395 g/mol. The quantitative estimate of drug-likeness (QED) is 0.621. The van der Waals surface area contributed by atoms with Crippen LogP contribution in [0.1, 0.15) is 42.8 Å². The van der Waals surface area contributed by atoms with Crippen molar-refractivity contribution < 1.29 is 0 Å². The van der Waals surface area contributed by atoms with E-state index in [9.17, 15) is 0 Å². The third kappa shape index (κ3) is 4.42. The standard InChI is InChI=1S/C22H26ClN5/c1-17-11-14-27(15-12-17)21(19-7-9-20(23)10-8-19)22-24-25-26-28(22)16-13-18-5-3-2-4-6-18/h2-10,17,21H,11-16H2,1H3/t21-/m1/s1. The van der Waals surface area contributed by atoms with Gasteiger partial charge < -0.3 is 0 Å². The second-order valence-electron chi connectivity index (χ2n) is 7.67. The number of nitrogens with zero attached hydrogens (tertiary/aromatic N) is 5. The van der Waals surface area contributed by atoms with Crippen LogP contribution in [0, 0.1) is 5.92 Å². The largest absolute Gasteiger partial charge is 0.290 e. The molecule has 0 saturated carbocycles. The third-order valence-corrected chi connectivity index (χ3v) is 5.88. The zero-order valence-electron chi connectivity index (χ0n) is 16.2. The van der Waals surface area contributed by atoms with Gasteiger partial charge in [-0.15, -0.1) is 5.10 Å². The minimum absolute atomic E-state index is 0.0514. The molecule has 6 heteroatoms. The van der Waals surface area contributed by atoms with E-state index in [0.29, 0.717) is 0 Å². The second kappa shape index (κ2) is 8.84. The lowest BCUT2D eigenvalue weighted by molar-refractivity contribution is 0.150. The predicted molar refractivity (Wildman–Crippen MR) is 111 cm³/mol. The highest BCUT2D eigenvalue weighted by molar-refractivity contribution is 6.30. The van der Waals surface area contributed by atoms with Crippen LogP contribution in [-0.2, 0) is 13.0 Å². The summed E-state index contributed by atoms with van der Waals surface area (Å²) in [5.74, 6) is 1.68. The van der Waals surface area contributed by atoms with Crippen LogP contribution in [0.2, 0.25) is 5.02 Å². The number of hydrogen-bond donors (Lipinski definition) is 0. The van der Waals surface area contributed by atoms with Gasteiger partial charge in [-0.3, -0.25) is 4.90 Å². The number of aryl methyl sites for hydroxylation is 2. The average molecular weight is 396 g/mol. The third-order valence-electron chi connectivity index (χ3n) is 5.63. The first-order valence-electron chi connectivity index (χ1n) is 10.00. The van der Waals surface area contributed by atoms with Gasteiger partial charge in [-0.2, -0.15) is 0 Å². The maximum atomic E-state index is 6.14. The van der Waals surface area contributed by atoms with Crippen molar-refractivity contribution in [2.45, 2.75) is 38.8 Å². The lowest BCUT2D eigenvalue weighted by atomic mass is 9.95. The minimum atomic E-state index is 0.0514. The van der Waals surface area contributed by atoms with E-state index in [4.69, 9.17) is 11.6 Å². The Labute approximate surface area is 171 Å². The molecule has 3 aromatic rings. The molecule has 0 unspecified atom stereocenters. The highest BCUT2D eigenvalue weighted by Gasteiger charge is 2.30. The van der Waals surface area contributed by atoms with Crippen molar-refractivity contribution in [1.82, 2.24) is 25.1 Å². The summed E-state index contributed by atoms with van der Waals surface area (Å²) >= 11 is 6.14. The van der Waals surface area contributed by atoms with Crippen molar-refractivity contribution in [2.75, 3.05) is 13.1 Å². The van der Waals surface area contributed by atoms with Crippen molar-refractivity contribution in [3.8, 4) is 0 Å². The van der Waals surface area contributed by atoms with E-state index in [1.54, 1.807) is 0 Å². The van der Waals surface area contributed by atoms with Gasteiger partial charge in [0.05, 0.1) is 6.04 Å². The topological polar surface area (TPSA) is 46.8 Å². The van der Waals surface area contributed by atoms with Gasteiger partial charge in [0, 0.05) is 11.6 Å². The lowest BCUT2D eigenvalue weighted by Crippen LogP contribution is -2.38. The lowest BCUT2D eigenvalue weighted by Gasteiger charge is -2.36. The molecule has 1 fully saturated rings. The molecule has 0 spiro atoms. The molecular formula is C22H26ClN5. The van der Waals surface area contributed by atoms with E-state index in [-0.39, 0.29) is 6.04 Å². The van der Waals surface area contributed by atoms with Gasteiger partial charge in [0.1, 0.15) is 0 Å². The number of aromatic nitrogens is 4. The second-order valence-corrected chi connectivity index (χ2v) is 8.10. The number of piperidine rings is 1. The van der Waals surface area contributed by atoms with Crippen LogP contribution in [0.4, 0.5) is 0 Å². The van der Waals surface area contributed by atoms with E-state index in [1.807, 2.05) is 22.9 Å². The van der Waals surface area contributed by atoms with Crippen molar-refractivity contribution in [3.63, 3.8) is 0 Å². The fourth-order valence-corrected chi connectivity index (χ4v) is 4.03. The van der Waals surface area contributed by atoms with Crippen LogP contribution in [0.5, 0.6) is 0 Å². The molecule has 0 amide bonds. The summed E-state index contributed by atoms with van der Waals surface area (Å²) in [5, 5.41) is 13.5. The highest BCUT2D eigenvalue weighted by Crippen LogP contribution is 2.31. The number of tetrazole rings is 1. The fourth-order valence-electron chi connectivity index (χ4n) is 3.90. The van der Waals surface area contributed by atoms with E-state index >= 15 is 0 Å². The molecule has 146 valence electrons. The Hall–Kier alpha value is -2.24. The van der Waals surface area contributed by atoms with Crippen molar-refractivity contribution in [3.05, 3.63) is 76.6 Å². The Bertz CT molecular complexity index is 869. The van der Waals surface area contributed by atoms with Crippen molar-refractivity contribution in [2.24, 2.45) is 5.92 Å². The van der Waals surface area contributed by atoms with Crippen LogP contribution < -0.4 is 0 Å². The van der Waals surface area contributed by atoms with Gasteiger partial charge in [0.15, 0.2) is 5.82 Å². The number of rotatable bonds is 6. The number of halogens is 1. The molecule has 0 N–H and O–H groups in total. The summed E-state index contributed by atoms with van der Waals surface area (Å²) < 4.78 is 1.96. The molecule has 28 heavy (non-hydrogen) atoms. The zero-order chi connectivity index (χ0) is 19.3. The van der Waals surface area contributed by atoms with Gasteiger partial charge in [-0.25, -0.2) is 4.68 Å². The first-order valence-corrected chi connectivity index (χ1v) is 10.4. The molecule has 1 saturated heterocycles. The molecule has 1 atom stereocenters. The molecule has 1 aliphatic rings. The molecule has 0 radical (unpaired) electrons. The Balaban J connectivity index is 1.61. The van der Waals surface area contributed by atoms with Crippen molar-refractivity contribution >= 4 is 11.6 Å². The SMILES string of the molecule is CC1CCN([C@H](c2ccc(Cl)cc2)c2nnnn2CCc2ccccc2)CC1. The smallest absolute Gasteiger partial charge is 0.173 e. The Morgan fingerprint density at radius 1 is 1.04 bits per heavy atom. The van der Waals surface area contributed by atoms with Crippen LogP contribution in [0.3, 0.4) is 0 Å². The molecule has 1 aliphatic heterocycles. The first-order chi connectivity index (χ1) is 13.7. The molecule has 2 aromatic carbocycles. The van der Waals surface area contributed by atoms with E-state index in [0.717, 1.165) is 42.8 Å². The van der Waals surface area contributed by atoms with Gasteiger partial charge >= 0.3 is 0 Å². The Morgan fingerprint density at radius 3 is 2.46 bits per heavy atom. The highest BCUT2D eigenvalue weighted by atomic mass is 35.5. The van der Waals surface area contributed by atoms with Crippen LogP contribution in [0.15, 0.2) is 54.6 Å². The summed E-state index contributed by atoms with van der Waals surface area (Å²) in [4.78, 5) is 2.51. The first kappa shape index (κ1) is 19.1. The zero-order valence-corrected chi connectivity index (χ0v) is 17.0. The maximum absolute atomic E-state index is 6.14. The molecular weight excluding hydrogens is 370 g/mol. The summed E-state index contributed by atoms with van der Waals surface area (Å²) in [6, 6.07) is 18.6. The van der Waals surface area contributed by atoms with E-state index < -0.39 is 0 Å². The molecule has 0 bridgehead atoms. The summed E-state index contributed by atoms with van der Waals surface area (Å²) in [6.45, 7) is 5.21. The number of benzene rings is 2. The van der Waals surface area contributed by atoms with E-state index in [1.165, 1.54) is 24.0 Å².